The van der Waals surface area contributed by atoms with Crippen LogP contribution in [0.1, 0.15) is 11.1 Å². The van der Waals surface area contributed by atoms with Gasteiger partial charge < -0.3 is 20.9 Å². The van der Waals surface area contributed by atoms with Crippen LogP contribution < -0.4 is 16.0 Å². The molecule has 0 spiro atoms. The van der Waals surface area contributed by atoms with E-state index in [0.717, 1.165) is 42.5 Å². The van der Waals surface area contributed by atoms with Gasteiger partial charge >= 0.3 is 0 Å². The number of fused-ring (bicyclic) bond motifs is 1. The van der Waals surface area contributed by atoms with Gasteiger partial charge in [0.2, 0.25) is 5.95 Å². The Morgan fingerprint density at radius 3 is 2.51 bits per heavy atom. The molecule has 35 heavy (non-hydrogen) atoms. The summed E-state index contributed by atoms with van der Waals surface area (Å²) in [4.78, 5) is 18.0. The Morgan fingerprint density at radius 2 is 1.77 bits per heavy atom. The van der Waals surface area contributed by atoms with Gasteiger partial charge in [0.05, 0.1) is 11.2 Å². The lowest BCUT2D eigenvalue weighted by molar-refractivity contribution is 0.379. The first-order valence-corrected chi connectivity index (χ1v) is 11.9. The fourth-order valence-corrected chi connectivity index (χ4v) is 4.51. The van der Waals surface area contributed by atoms with E-state index in [-0.39, 0.29) is 11.8 Å². The molecule has 1 fully saturated rings. The Labute approximate surface area is 208 Å². The fraction of sp³-hybridized carbons (Fsp3) is 0.231. The van der Waals surface area contributed by atoms with Gasteiger partial charge in [-0.25, -0.2) is 14.4 Å². The van der Waals surface area contributed by atoms with Crippen LogP contribution in [-0.4, -0.2) is 51.1 Å². The molecule has 1 aliphatic heterocycles. The van der Waals surface area contributed by atoms with Crippen LogP contribution >= 0.6 is 12.2 Å². The quantitative estimate of drug-likeness (QED) is 0.419. The van der Waals surface area contributed by atoms with Gasteiger partial charge in [0.1, 0.15) is 11.3 Å². The van der Waals surface area contributed by atoms with E-state index >= 15 is 0 Å². The summed E-state index contributed by atoms with van der Waals surface area (Å²) >= 11 is 5.65. The first kappa shape index (κ1) is 22.9. The summed E-state index contributed by atoms with van der Waals surface area (Å²) in [5, 5.41) is 4.12. The number of anilines is 2. The number of piperazine rings is 1. The third-order valence-electron chi connectivity index (χ3n) is 6.07. The van der Waals surface area contributed by atoms with Gasteiger partial charge in [0.15, 0.2) is 10.9 Å². The van der Waals surface area contributed by atoms with Gasteiger partial charge in [-0.3, -0.25) is 0 Å². The molecule has 5 rings (SSSR count). The minimum Gasteiger partial charge on any atom is -0.368 e. The highest BCUT2D eigenvalue weighted by Gasteiger charge is 2.23. The Hall–Kier alpha value is -3.85. The van der Waals surface area contributed by atoms with Gasteiger partial charge in [0.25, 0.3) is 0 Å². The zero-order valence-corrected chi connectivity index (χ0v) is 20.2. The van der Waals surface area contributed by atoms with Crippen molar-refractivity contribution in [3.63, 3.8) is 0 Å². The molecule has 2 aromatic carbocycles. The smallest absolute Gasteiger partial charge is 0.222 e. The molecule has 7 nitrogen and oxygen atoms in total. The van der Waals surface area contributed by atoms with Crippen LogP contribution in [0.25, 0.3) is 22.3 Å². The summed E-state index contributed by atoms with van der Waals surface area (Å²) in [6.07, 6.45) is 0. The van der Waals surface area contributed by atoms with E-state index in [0.29, 0.717) is 23.4 Å². The van der Waals surface area contributed by atoms with E-state index < -0.39 is 0 Å². The largest absolute Gasteiger partial charge is 0.368 e. The summed E-state index contributed by atoms with van der Waals surface area (Å²) < 4.78 is 13.4. The molecule has 9 heteroatoms. The van der Waals surface area contributed by atoms with Crippen LogP contribution in [0.15, 0.2) is 60.7 Å². The summed E-state index contributed by atoms with van der Waals surface area (Å²) in [5.41, 5.74) is 11.4. The SMILES string of the molecule is Cc1cccc(CNC(=S)N2CCN(c3nc(N)nc4ccc(-c5ccc(F)cc5)nc34)CC2)c1. The van der Waals surface area contributed by atoms with Crippen molar-refractivity contribution >= 4 is 40.1 Å². The normalized spacial score (nSPS) is 13.8. The third-order valence-corrected chi connectivity index (χ3v) is 6.48. The van der Waals surface area contributed by atoms with E-state index in [2.05, 4.69) is 56.3 Å². The molecule has 0 saturated carbocycles. The molecule has 3 N–H and O–H groups in total. The highest BCUT2D eigenvalue weighted by molar-refractivity contribution is 7.80. The first-order valence-electron chi connectivity index (χ1n) is 11.5. The molecule has 1 aliphatic rings. The lowest BCUT2D eigenvalue weighted by Gasteiger charge is -2.37. The summed E-state index contributed by atoms with van der Waals surface area (Å²) in [6, 6.07) is 18.4. The maximum atomic E-state index is 13.4. The molecule has 0 bridgehead atoms. The van der Waals surface area contributed by atoms with Crippen molar-refractivity contribution in [3.05, 3.63) is 77.6 Å². The van der Waals surface area contributed by atoms with E-state index in [4.69, 9.17) is 22.9 Å². The number of aryl methyl sites for hydroxylation is 1. The van der Waals surface area contributed by atoms with Crippen LogP contribution in [0.5, 0.6) is 0 Å². The second kappa shape index (κ2) is 9.79. The van der Waals surface area contributed by atoms with Crippen molar-refractivity contribution in [2.45, 2.75) is 13.5 Å². The first-order chi connectivity index (χ1) is 17.0. The lowest BCUT2D eigenvalue weighted by Crippen LogP contribution is -2.51. The summed E-state index contributed by atoms with van der Waals surface area (Å²) in [7, 11) is 0. The monoisotopic (exact) mass is 487 g/mol. The van der Waals surface area contributed by atoms with Crippen LogP contribution in [0.2, 0.25) is 0 Å². The molecule has 0 radical (unpaired) electrons. The van der Waals surface area contributed by atoms with Gasteiger partial charge in [-0.1, -0.05) is 29.8 Å². The van der Waals surface area contributed by atoms with Crippen LogP contribution in [0.4, 0.5) is 16.2 Å². The predicted octanol–water partition coefficient (Wildman–Crippen LogP) is 3.92. The molecule has 2 aromatic heterocycles. The standard InChI is InChI=1S/C26H26FN7S/c1-17-3-2-4-18(15-17)16-29-26(35)34-13-11-33(12-14-34)24-23-22(31-25(28)32-24)10-9-21(30-23)19-5-7-20(27)8-6-19/h2-10,15H,11-14,16H2,1H3,(H,29,35)(H2,28,31,32). The number of pyridine rings is 1. The molecule has 0 unspecified atom stereocenters. The highest BCUT2D eigenvalue weighted by Crippen LogP contribution is 2.27. The molecule has 0 atom stereocenters. The van der Waals surface area contributed by atoms with Gasteiger partial charge in [-0.05, 0) is 61.1 Å². The van der Waals surface area contributed by atoms with E-state index in [9.17, 15) is 4.39 Å². The number of hydrogen-bond donors (Lipinski definition) is 2. The van der Waals surface area contributed by atoms with Crippen molar-refractivity contribution in [2.75, 3.05) is 36.8 Å². The maximum Gasteiger partial charge on any atom is 0.222 e. The molecule has 3 heterocycles. The van der Waals surface area contributed by atoms with Crippen molar-refractivity contribution in [2.24, 2.45) is 0 Å². The van der Waals surface area contributed by atoms with Crippen molar-refractivity contribution in [1.82, 2.24) is 25.2 Å². The molecular weight excluding hydrogens is 461 g/mol. The molecule has 4 aromatic rings. The number of halogens is 1. The minimum atomic E-state index is -0.282. The molecule has 178 valence electrons. The summed E-state index contributed by atoms with van der Waals surface area (Å²) in [5.74, 6) is 0.631. The van der Waals surface area contributed by atoms with Crippen molar-refractivity contribution < 1.29 is 4.39 Å². The van der Waals surface area contributed by atoms with Gasteiger partial charge in [-0.2, -0.15) is 4.98 Å². The van der Waals surface area contributed by atoms with Gasteiger partial charge in [-0.15, -0.1) is 0 Å². The number of nitrogens with one attached hydrogen (secondary N) is 1. The second-order valence-electron chi connectivity index (χ2n) is 8.60. The topological polar surface area (TPSA) is 83.2 Å². The molecular formula is C26H26FN7S. The van der Waals surface area contributed by atoms with E-state index in [1.165, 1.54) is 23.3 Å². The second-order valence-corrected chi connectivity index (χ2v) is 8.99. The van der Waals surface area contributed by atoms with Crippen molar-refractivity contribution in [3.8, 4) is 11.3 Å². The molecule has 0 amide bonds. The number of nitrogens with zero attached hydrogens (tertiary/aromatic N) is 5. The average Bonchev–Trinajstić information content (AvgIpc) is 2.87. The van der Waals surface area contributed by atoms with E-state index in [1.807, 2.05) is 12.1 Å². The Kier molecular flexibility index (Phi) is 6.41. The average molecular weight is 488 g/mol. The van der Waals surface area contributed by atoms with Crippen LogP contribution in [0.3, 0.4) is 0 Å². The van der Waals surface area contributed by atoms with Crippen LogP contribution in [-0.2, 0) is 6.54 Å². The minimum absolute atomic E-state index is 0.210. The lowest BCUT2D eigenvalue weighted by atomic mass is 10.1. The Morgan fingerprint density at radius 1 is 1.00 bits per heavy atom. The van der Waals surface area contributed by atoms with Gasteiger partial charge in [0, 0.05) is 38.3 Å². The molecule has 1 saturated heterocycles. The summed E-state index contributed by atoms with van der Waals surface area (Å²) in [6.45, 7) is 5.73. The zero-order chi connectivity index (χ0) is 24.4. The third kappa shape index (κ3) is 5.14. The number of hydrogen-bond acceptors (Lipinski definition) is 6. The maximum absolute atomic E-state index is 13.4. The van der Waals surface area contributed by atoms with E-state index in [1.54, 1.807) is 12.1 Å². The fourth-order valence-electron chi connectivity index (χ4n) is 4.25. The molecule has 0 aliphatic carbocycles. The number of nitrogen functional groups attached to an aromatic ring is 1. The number of nitrogens with two attached hydrogens (primary N) is 1. The highest BCUT2D eigenvalue weighted by atomic mass is 32.1. The number of aromatic nitrogens is 3. The predicted molar refractivity (Wildman–Crippen MR) is 142 cm³/mol. The van der Waals surface area contributed by atoms with Crippen LogP contribution in [0, 0.1) is 12.7 Å². The Balaban J connectivity index is 1.31. The zero-order valence-electron chi connectivity index (χ0n) is 19.4. The number of rotatable bonds is 4. The van der Waals surface area contributed by atoms with Crippen molar-refractivity contribution in [1.29, 1.82) is 0 Å². The number of benzene rings is 2. The number of thiocarbonyl (C=S) groups is 1. The Bertz CT molecular complexity index is 1370.